The van der Waals surface area contributed by atoms with Crippen LogP contribution in [0.3, 0.4) is 0 Å². The fourth-order valence-corrected chi connectivity index (χ4v) is 2.81. The number of aliphatic hydroxyl groups is 1. The molecule has 0 spiro atoms. The van der Waals surface area contributed by atoms with Crippen molar-refractivity contribution < 1.29 is 14.2 Å². The number of benzene rings is 1. The molecule has 0 unspecified atom stereocenters. The number of rotatable bonds is 5. The zero-order valence-electron chi connectivity index (χ0n) is 11.8. The SMILES string of the molecule is OCc1cccc(F)c1OCc1ccn(C2CCCC2)n1. The minimum absolute atomic E-state index is 0.107. The third-order valence-corrected chi connectivity index (χ3v) is 3.95. The molecule has 112 valence electrons. The van der Waals surface area contributed by atoms with Crippen molar-refractivity contribution in [1.29, 1.82) is 0 Å². The van der Waals surface area contributed by atoms with Crippen LogP contribution in [-0.2, 0) is 13.2 Å². The highest BCUT2D eigenvalue weighted by molar-refractivity contribution is 5.34. The lowest BCUT2D eigenvalue weighted by atomic mass is 10.2. The van der Waals surface area contributed by atoms with Crippen LogP contribution in [0.25, 0.3) is 0 Å². The van der Waals surface area contributed by atoms with E-state index in [4.69, 9.17) is 4.74 Å². The quantitative estimate of drug-likeness (QED) is 0.919. The maximum atomic E-state index is 13.7. The summed E-state index contributed by atoms with van der Waals surface area (Å²) in [5.41, 5.74) is 1.22. The smallest absolute Gasteiger partial charge is 0.165 e. The molecule has 21 heavy (non-hydrogen) atoms. The molecule has 1 aliphatic rings. The van der Waals surface area contributed by atoms with Gasteiger partial charge in [0.15, 0.2) is 11.6 Å². The number of hydrogen-bond acceptors (Lipinski definition) is 3. The summed E-state index contributed by atoms with van der Waals surface area (Å²) in [6.45, 7) is -0.0444. The molecule has 0 atom stereocenters. The summed E-state index contributed by atoms with van der Waals surface area (Å²) >= 11 is 0. The molecule has 1 heterocycles. The van der Waals surface area contributed by atoms with Gasteiger partial charge in [-0.15, -0.1) is 0 Å². The van der Waals surface area contributed by atoms with Crippen molar-refractivity contribution in [3.63, 3.8) is 0 Å². The molecule has 1 aromatic heterocycles. The molecular formula is C16H19FN2O2. The second-order valence-corrected chi connectivity index (χ2v) is 5.40. The Bertz CT molecular complexity index is 606. The summed E-state index contributed by atoms with van der Waals surface area (Å²) in [4.78, 5) is 0. The first kappa shape index (κ1) is 14.1. The molecule has 5 heteroatoms. The number of para-hydroxylation sites is 1. The fraction of sp³-hybridized carbons (Fsp3) is 0.438. The van der Waals surface area contributed by atoms with Gasteiger partial charge in [0, 0.05) is 11.8 Å². The van der Waals surface area contributed by atoms with Crippen molar-refractivity contribution in [2.24, 2.45) is 0 Å². The van der Waals surface area contributed by atoms with Crippen LogP contribution < -0.4 is 4.74 Å². The molecule has 4 nitrogen and oxygen atoms in total. The van der Waals surface area contributed by atoms with Crippen LogP contribution in [0.15, 0.2) is 30.5 Å². The summed E-state index contributed by atoms with van der Waals surface area (Å²) in [5.74, 6) is -0.354. The normalized spacial score (nSPS) is 15.5. The molecule has 0 radical (unpaired) electrons. The Morgan fingerprint density at radius 3 is 2.86 bits per heavy atom. The topological polar surface area (TPSA) is 47.3 Å². The Balaban J connectivity index is 1.68. The van der Waals surface area contributed by atoms with E-state index < -0.39 is 5.82 Å². The first-order valence-electron chi connectivity index (χ1n) is 7.33. The van der Waals surface area contributed by atoms with Crippen LogP contribution in [0.1, 0.15) is 43.0 Å². The van der Waals surface area contributed by atoms with Crippen LogP contribution in [0.4, 0.5) is 4.39 Å². The first-order chi connectivity index (χ1) is 10.3. The van der Waals surface area contributed by atoms with Crippen molar-refractivity contribution in [2.45, 2.75) is 44.9 Å². The van der Waals surface area contributed by atoms with E-state index in [1.165, 1.54) is 31.7 Å². The third kappa shape index (κ3) is 3.08. The van der Waals surface area contributed by atoms with E-state index in [1.807, 2.05) is 16.9 Å². The molecule has 1 aliphatic carbocycles. The van der Waals surface area contributed by atoms with E-state index in [0.29, 0.717) is 11.6 Å². The largest absolute Gasteiger partial charge is 0.484 e. The van der Waals surface area contributed by atoms with E-state index in [1.54, 1.807) is 12.1 Å². The second-order valence-electron chi connectivity index (χ2n) is 5.40. The molecule has 3 rings (SSSR count). The van der Waals surface area contributed by atoms with E-state index in [9.17, 15) is 9.50 Å². The highest BCUT2D eigenvalue weighted by Crippen LogP contribution is 2.29. The van der Waals surface area contributed by atoms with Gasteiger partial charge in [-0.25, -0.2) is 4.39 Å². The van der Waals surface area contributed by atoms with Crippen molar-refractivity contribution >= 4 is 0 Å². The Labute approximate surface area is 123 Å². The molecule has 1 fully saturated rings. The number of nitrogens with zero attached hydrogens (tertiary/aromatic N) is 2. The van der Waals surface area contributed by atoms with E-state index in [2.05, 4.69) is 5.10 Å². The van der Waals surface area contributed by atoms with Crippen molar-refractivity contribution in [3.8, 4) is 5.75 Å². The van der Waals surface area contributed by atoms with Gasteiger partial charge in [0.25, 0.3) is 0 Å². The molecule has 2 aromatic rings. The Morgan fingerprint density at radius 1 is 1.29 bits per heavy atom. The summed E-state index contributed by atoms with van der Waals surface area (Å²) in [6.07, 6.45) is 6.81. The molecule has 1 saturated carbocycles. The molecule has 1 aromatic carbocycles. The summed E-state index contributed by atoms with van der Waals surface area (Å²) in [5, 5.41) is 13.7. The van der Waals surface area contributed by atoms with Crippen LogP contribution in [-0.4, -0.2) is 14.9 Å². The number of halogens is 1. The van der Waals surface area contributed by atoms with Crippen molar-refractivity contribution in [2.75, 3.05) is 0 Å². The van der Waals surface area contributed by atoms with Crippen molar-refractivity contribution in [1.82, 2.24) is 9.78 Å². The van der Waals surface area contributed by atoms with Gasteiger partial charge in [0.1, 0.15) is 6.61 Å². The van der Waals surface area contributed by atoms with E-state index in [0.717, 1.165) is 5.69 Å². The summed E-state index contributed by atoms with van der Waals surface area (Å²) < 4.78 is 21.2. The lowest BCUT2D eigenvalue weighted by Gasteiger charge is -2.11. The van der Waals surface area contributed by atoms with Crippen LogP contribution >= 0.6 is 0 Å². The van der Waals surface area contributed by atoms with Gasteiger partial charge in [0.05, 0.1) is 18.3 Å². The minimum Gasteiger partial charge on any atom is -0.484 e. The van der Waals surface area contributed by atoms with Crippen molar-refractivity contribution in [3.05, 3.63) is 47.5 Å². The molecule has 0 aliphatic heterocycles. The molecule has 0 bridgehead atoms. The maximum absolute atomic E-state index is 13.7. The number of aliphatic hydroxyl groups excluding tert-OH is 1. The number of aromatic nitrogens is 2. The van der Waals surface area contributed by atoms with Gasteiger partial charge < -0.3 is 9.84 Å². The maximum Gasteiger partial charge on any atom is 0.165 e. The lowest BCUT2D eigenvalue weighted by Crippen LogP contribution is -2.07. The monoisotopic (exact) mass is 290 g/mol. The molecule has 1 N–H and O–H groups in total. The number of ether oxygens (including phenoxy) is 1. The highest BCUT2D eigenvalue weighted by Gasteiger charge is 2.18. The fourth-order valence-electron chi connectivity index (χ4n) is 2.81. The standard InChI is InChI=1S/C16H19FN2O2/c17-15-7-3-4-12(10-20)16(15)21-11-13-8-9-19(18-13)14-5-1-2-6-14/h3-4,7-9,14,20H,1-2,5-6,10-11H2. The Morgan fingerprint density at radius 2 is 2.10 bits per heavy atom. The first-order valence-corrected chi connectivity index (χ1v) is 7.33. The Hall–Kier alpha value is -1.88. The predicted molar refractivity (Wildman–Crippen MR) is 76.4 cm³/mol. The zero-order chi connectivity index (χ0) is 14.7. The van der Waals surface area contributed by atoms with Gasteiger partial charge in [-0.3, -0.25) is 4.68 Å². The minimum atomic E-state index is -0.461. The van der Waals surface area contributed by atoms with Gasteiger partial charge >= 0.3 is 0 Å². The number of hydrogen-bond donors (Lipinski definition) is 1. The average molecular weight is 290 g/mol. The molecule has 0 saturated heterocycles. The molecular weight excluding hydrogens is 271 g/mol. The predicted octanol–water partition coefficient (Wildman–Crippen LogP) is 3.21. The van der Waals surface area contributed by atoms with Gasteiger partial charge in [0.2, 0.25) is 0 Å². The summed E-state index contributed by atoms with van der Waals surface area (Å²) in [7, 11) is 0. The van der Waals surface area contributed by atoms with Crippen LogP contribution in [0.2, 0.25) is 0 Å². The summed E-state index contributed by atoms with van der Waals surface area (Å²) in [6, 6.07) is 6.92. The average Bonchev–Trinajstić information content (AvgIpc) is 3.16. The van der Waals surface area contributed by atoms with Gasteiger partial charge in [-0.2, -0.15) is 5.10 Å². The van der Waals surface area contributed by atoms with Gasteiger partial charge in [-0.05, 0) is 25.0 Å². The zero-order valence-corrected chi connectivity index (χ0v) is 11.8. The Kier molecular flexibility index (Phi) is 4.20. The molecule has 0 amide bonds. The third-order valence-electron chi connectivity index (χ3n) is 3.95. The highest BCUT2D eigenvalue weighted by atomic mass is 19.1. The lowest BCUT2D eigenvalue weighted by molar-refractivity contribution is 0.248. The van der Waals surface area contributed by atoms with Crippen LogP contribution in [0, 0.1) is 5.82 Å². The van der Waals surface area contributed by atoms with E-state index >= 15 is 0 Å². The second kappa shape index (κ2) is 6.26. The van der Waals surface area contributed by atoms with Crippen LogP contribution in [0.5, 0.6) is 5.75 Å². The van der Waals surface area contributed by atoms with E-state index in [-0.39, 0.29) is 19.0 Å². The van der Waals surface area contributed by atoms with Gasteiger partial charge in [-0.1, -0.05) is 25.0 Å².